The third-order valence-electron chi connectivity index (χ3n) is 3.76. The zero-order valence-corrected chi connectivity index (χ0v) is 13.7. The van der Waals surface area contributed by atoms with Crippen molar-refractivity contribution in [2.45, 2.75) is 11.4 Å². The van der Waals surface area contributed by atoms with Crippen LogP contribution in [0.1, 0.15) is 10.9 Å². The number of hydrogen-bond donors (Lipinski definition) is 1. The minimum atomic E-state index is -0.992. The number of carboxylic acid groups (broad SMARTS) is 1. The van der Waals surface area contributed by atoms with Crippen LogP contribution in [0.3, 0.4) is 0 Å². The third-order valence-corrected chi connectivity index (χ3v) is 5.09. The zero-order chi connectivity index (χ0) is 16.9. The summed E-state index contributed by atoms with van der Waals surface area (Å²) in [6.45, 7) is -0.183. The molecule has 3 rings (SSSR count). The largest absolute Gasteiger partial charge is 0.484 e. The molecule has 0 aliphatic carbocycles. The van der Waals surface area contributed by atoms with Crippen LogP contribution in [-0.4, -0.2) is 40.3 Å². The quantitative estimate of drug-likeness (QED) is 0.904. The van der Waals surface area contributed by atoms with Gasteiger partial charge in [-0.25, -0.2) is 4.79 Å². The molecule has 0 spiro atoms. The summed E-state index contributed by atoms with van der Waals surface area (Å²) in [6, 6.07) is 17.6. The molecule has 1 fully saturated rings. The standard InChI is InChI=1S/C18H17NO4S/c20-16(11-23-14-9-5-2-6-10-14)19-15(18(21)22)12-24-17(19)13-7-3-1-4-8-13/h1-10,15,17H,11-12H2,(H,21,22). The lowest BCUT2D eigenvalue weighted by Crippen LogP contribution is -2.45. The number of hydrogen-bond acceptors (Lipinski definition) is 4. The van der Waals surface area contributed by atoms with Gasteiger partial charge in [0.2, 0.25) is 0 Å². The van der Waals surface area contributed by atoms with Crippen molar-refractivity contribution in [3.63, 3.8) is 0 Å². The summed E-state index contributed by atoms with van der Waals surface area (Å²) in [7, 11) is 0. The van der Waals surface area contributed by atoms with Crippen molar-refractivity contribution in [2.24, 2.45) is 0 Å². The first-order valence-electron chi connectivity index (χ1n) is 7.55. The average Bonchev–Trinajstić information content (AvgIpc) is 3.07. The first kappa shape index (κ1) is 16.4. The second kappa shape index (κ2) is 7.40. The lowest BCUT2D eigenvalue weighted by atomic mass is 10.1. The van der Waals surface area contributed by atoms with E-state index >= 15 is 0 Å². The topological polar surface area (TPSA) is 66.8 Å². The molecule has 124 valence electrons. The lowest BCUT2D eigenvalue weighted by Gasteiger charge is -2.27. The number of aliphatic carboxylic acids is 1. The Labute approximate surface area is 144 Å². The molecule has 1 N–H and O–H groups in total. The molecular weight excluding hydrogens is 326 g/mol. The molecule has 1 saturated heterocycles. The van der Waals surface area contributed by atoms with Gasteiger partial charge < -0.3 is 14.7 Å². The van der Waals surface area contributed by atoms with E-state index in [4.69, 9.17) is 4.74 Å². The summed E-state index contributed by atoms with van der Waals surface area (Å²) in [5, 5.41) is 9.13. The van der Waals surface area contributed by atoms with E-state index < -0.39 is 12.0 Å². The number of carbonyl (C=O) groups is 2. The number of thioether (sulfide) groups is 1. The molecule has 1 heterocycles. The number of nitrogens with zero attached hydrogens (tertiary/aromatic N) is 1. The Balaban J connectivity index is 1.77. The van der Waals surface area contributed by atoms with Crippen LogP contribution in [0, 0.1) is 0 Å². The second-order valence-electron chi connectivity index (χ2n) is 5.35. The molecule has 5 nitrogen and oxygen atoms in total. The van der Waals surface area contributed by atoms with Crippen molar-refractivity contribution >= 4 is 23.6 Å². The van der Waals surface area contributed by atoms with Crippen molar-refractivity contribution in [1.82, 2.24) is 4.90 Å². The van der Waals surface area contributed by atoms with Gasteiger partial charge in [-0.3, -0.25) is 4.79 Å². The summed E-state index contributed by atoms with van der Waals surface area (Å²) >= 11 is 1.46. The minimum Gasteiger partial charge on any atom is -0.484 e. The van der Waals surface area contributed by atoms with Crippen molar-refractivity contribution in [2.75, 3.05) is 12.4 Å². The van der Waals surface area contributed by atoms with Gasteiger partial charge in [0.25, 0.3) is 5.91 Å². The van der Waals surface area contributed by atoms with Gasteiger partial charge in [-0.15, -0.1) is 11.8 Å². The number of rotatable bonds is 5. The number of amides is 1. The molecular formula is C18H17NO4S. The second-order valence-corrected chi connectivity index (χ2v) is 6.47. The Hall–Kier alpha value is -2.47. The highest BCUT2D eigenvalue weighted by Gasteiger charge is 2.42. The van der Waals surface area contributed by atoms with E-state index in [-0.39, 0.29) is 17.9 Å². The molecule has 2 unspecified atom stereocenters. The number of benzene rings is 2. The Morgan fingerprint density at radius 3 is 2.33 bits per heavy atom. The Morgan fingerprint density at radius 2 is 1.71 bits per heavy atom. The molecule has 1 aliphatic heterocycles. The van der Waals surface area contributed by atoms with Gasteiger partial charge >= 0.3 is 5.97 Å². The summed E-state index contributed by atoms with van der Waals surface area (Å²) in [5.74, 6) is -0.369. The minimum absolute atomic E-state index is 0.183. The molecule has 24 heavy (non-hydrogen) atoms. The van der Waals surface area contributed by atoms with E-state index in [9.17, 15) is 14.7 Å². The Kier molecular flexibility index (Phi) is 5.05. The summed E-state index contributed by atoms with van der Waals surface area (Å²) < 4.78 is 5.50. The molecule has 2 aromatic carbocycles. The SMILES string of the molecule is O=C(O)C1CSC(c2ccccc2)N1C(=O)COc1ccccc1. The maximum absolute atomic E-state index is 12.6. The van der Waals surface area contributed by atoms with Crippen LogP contribution in [0.2, 0.25) is 0 Å². The van der Waals surface area contributed by atoms with Gasteiger partial charge in [0.15, 0.2) is 6.61 Å². The van der Waals surface area contributed by atoms with Gasteiger partial charge in [0.1, 0.15) is 17.2 Å². The van der Waals surface area contributed by atoms with Crippen LogP contribution in [0.25, 0.3) is 0 Å². The number of ether oxygens (including phenoxy) is 1. The predicted octanol–water partition coefficient (Wildman–Crippen LogP) is 2.79. The van der Waals surface area contributed by atoms with Crippen LogP contribution in [-0.2, 0) is 9.59 Å². The fourth-order valence-electron chi connectivity index (χ4n) is 2.61. The van der Waals surface area contributed by atoms with Gasteiger partial charge in [-0.2, -0.15) is 0 Å². The highest BCUT2D eigenvalue weighted by Crippen LogP contribution is 2.41. The maximum Gasteiger partial charge on any atom is 0.327 e. The van der Waals surface area contributed by atoms with Crippen LogP contribution in [0.5, 0.6) is 5.75 Å². The number of carboxylic acids is 1. The van der Waals surface area contributed by atoms with Gasteiger partial charge in [0, 0.05) is 5.75 Å². The Bertz CT molecular complexity index is 707. The third kappa shape index (κ3) is 3.54. The fraction of sp³-hybridized carbons (Fsp3) is 0.222. The van der Waals surface area contributed by atoms with E-state index in [1.165, 1.54) is 16.7 Å². The Morgan fingerprint density at radius 1 is 1.08 bits per heavy atom. The van der Waals surface area contributed by atoms with E-state index in [0.29, 0.717) is 11.5 Å². The summed E-state index contributed by atoms with van der Waals surface area (Å²) in [4.78, 5) is 25.6. The average molecular weight is 343 g/mol. The monoisotopic (exact) mass is 343 g/mol. The molecule has 0 saturated carbocycles. The van der Waals surface area contributed by atoms with Crippen molar-refractivity contribution in [1.29, 1.82) is 0 Å². The van der Waals surface area contributed by atoms with Gasteiger partial charge in [0.05, 0.1) is 0 Å². The molecule has 2 aromatic rings. The van der Waals surface area contributed by atoms with Gasteiger partial charge in [-0.1, -0.05) is 48.5 Å². The molecule has 0 aromatic heterocycles. The normalized spacial score (nSPS) is 19.9. The van der Waals surface area contributed by atoms with Crippen LogP contribution < -0.4 is 4.74 Å². The van der Waals surface area contributed by atoms with Crippen LogP contribution >= 0.6 is 11.8 Å². The van der Waals surface area contributed by atoms with Crippen LogP contribution in [0.15, 0.2) is 60.7 Å². The molecule has 6 heteroatoms. The lowest BCUT2D eigenvalue weighted by molar-refractivity contribution is -0.150. The highest BCUT2D eigenvalue weighted by molar-refractivity contribution is 7.99. The van der Waals surface area contributed by atoms with E-state index in [1.54, 1.807) is 12.1 Å². The van der Waals surface area contributed by atoms with E-state index in [0.717, 1.165) is 5.56 Å². The van der Waals surface area contributed by atoms with E-state index in [2.05, 4.69) is 0 Å². The van der Waals surface area contributed by atoms with Gasteiger partial charge in [-0.05, 0) is 17.7 Å². The maximum atomic E-state index is 12.6. The molecule has 1 aliphatic rings. The zero-order valence-electron chi connectivity index (χ0n) is 12.9. The molecule has 2 atom stereocenters. The summed E-state index contributed by atoms with van der Waals surface area (Å²) in [6.07, 6.45) is 0. The highest BCUT2D eigenvalue weighted by atomic mass is 32.2. The molecule has 1 amide bonds. The summed E-state index contributed by atoms with van der Waals surface area (Å²) in [5.41, 5.74) is 0.916. The number of carbonyl (C=O) groups excluding carboxylic acids is 1. The smallest absolute Gasteiger partial charge is 0.327 e. The molecule has 0 bridgehead atoms. The predicted molar refractivity (Wildman–Crippen MR) is 91.8 cm³/mol. The van der Waals surface area contributed by atoms with Crippen molar-refractivity contribution in [3.8, 4) is 5.75 Å². The van der Waals surface area contributed by atoms with Crippen molar-refractivity contribution in [3.05, 3.63) is 66.2 Å². The fourth-order valence-corrected chi connectivity index (χ4v) is 4.05. The van der Waals surface area contributed by atoms with E-state index in [1.807, 2.05) is 48.5 Å². The first-order chi connectivity index (χ1) is 11.7. The van der Waals surface area contributed by atoms with Crippen LogP contribution in [0.4, 0.5) is 0 Å². The molecule has 0 radical (unpaired) electrons. The first-order valence-corrected chi connectivity index (χ1v) is 8.60. The number of para-hydroxylation sites is 1. The van der Waals surface area contributed by atoms with Crippen molar-refractivity contribution < 1.29 is 19.4 Å².